The number of nitrogens with zero attached hydrogens (tertiary/aromatic N) is 2. The third-order valence-electron chi connectivity index (χ3n) is 5.45. The lowest BCUT2D eigenvalue weighted by atomic mass is 10.2. The van der Waals surface area contributed by atoms with Gasteiger partial charge in [0.2, 0.25) is 0 Å². The molecule has 0 aromatic heterocycles. The molecule has 2 fully saturated rings. The Morgan fingerprint density at radius 1 is 1.07 bits per heavy atom. The number of aryl methyl sites for hydroxylation is 1. The molecule has 4 heteroatoms. The first-order valence-corrected chi connectivity index (χ1v) is 10.3. The second kappa shape index (κ2) is 10.6. The number of methoxy groups -OCH3 is 1. The van der Waals surface area contributed by atoms with Crippen LogP contribution in [0.1, 0.15) is 24.8 Å². The predicted octanol–water partition coefficient (Wildman–Crippen LogP) is 3.67. The van der Waals surface area contributed by atoms with Gasteiger partial charge in [0.1, 0.15) is 5.75 Å². The van der Waals surface area contributed by atoms with Crippen molar-refractivity contribution < 1.29 is 9.47 Å². The number of rotatable bonds is 10. The third kappa shape index (κ3) is 6.80. The van der Waals surface area contributed by atoms with Gasteiger partial charge >= 0.3 is 0 Å². The minimum Gasteiger partial charge on any atom is -0.493 e. The maximum absolute atomic E-state index is 5.89. The maximum Gasteiger partial charge on any atom is 0.122 e. The maximum atomic E-state index is 5.89. The number of benzene rings is 1. The number of unbranched alkanes of at least 4 members (excludes halogenated alkanes) is 1. The fraction of sp³-hybridized carbons (Fsp3) is 0.565. The summed E-state index contributed by atoms with van der Waals surface area (Å²) in [7, 11) is 1.78. The quantitative estimate of drug-likeness (QED) is 0.587. The summed E-state index contributed by atoms with van der Waals surface area (Å²) in [6.07, 6.45) is 10.5. The van der Waals surface area contributed by atoms with Crippen molar-refractivity contribution in [3.8, 4) is 5.75 Å². The van der Waals surface area contributed by atoms with Gasteiger partial charge in [-0.2, -0.15) is 0 Å². The molecule has 1 atom stereocenters. The fourth-order valence-corrected chi connectivity index (χ4v) is 3.50. The van der Waals surface area contributed by atoms with E-state index < -0.39 is 0 Å². The van der Waals surface area contributed by atoms with Crippen LogP contribution in [0.2, 0.25) is 0 Å². The topological polar surface area (TPSA) is 24.9 Å². The van der Waals surface area contributed by atoms with Crippen molar-refractivity contribution in [3.05, 3.63) is 53.6 Å². The van der Waals surface area contributed by atoms with E-state index in [0.29, 0.717) is 6.10 Å². The second-order valence-electron chi connectivity index (χ2n) is 7.56. The van der Waals surface area contributed by atoms with E-state index in [2.05, 4.69) is 53.2 Å². The van der Waals surface area contributed by atoms with Gasteiger partial charge < -0.3 is 14.4 Å². The fourth-order valence-electron chi connectivity index (χ4n) is 3.50. The summed E-state index contributed by atoms with van der Waals surface area (Å²) < 4.78 is 11.2. The van der Waals surface area contributed by atoms with Crippen LogP contribution in [-0.4, -0.2) is 68.9 Å². The number of ether oxygens (including phenoxy) is 2. The second-order valence-corrected chi connectivity index (χ2v) is 7.56. The van der Waals surface area contributed by atoms with E-state index >= 15 is 0 Å². The zero-order valence-corrected chi connectivity index (χ0v) is 16.9. The molecule has 0 radical (unpaired) electrons. The number of hydrogen-bond acceptors (Lipinski definition) is 4. The van der Waals surface area contributed by atoms with Crippen molar-refractivity contribution in [1.82, 2.24) is 9.80 Å². The predicted molar refractivity (Wildman–Crippen MR) is 111 cm³/mol. The molecule has 1 saturated carbocycles. The zero-order chi connectivity index (χ0) is 18.9. The lowest BCUT2D eigenvalue weighted by molar-refractivity contribution is 0.139. The van der Waals surface area contributed by atoms with Crippen LogP contribution in [0.4, 0.5) is 0 Å². The Bertz CT molecular complexity index is 633. The minimum atomic E-state index is 0.389. The van der Waals surface area contributed by atoms with Crippen LogP contribution >= 0.6 is 0 Å². The highest BCUT2D eigenvalue weighted by atomic mass is 16.5. The molecule has 2 aliphatic rings. The van der Waals surface area contributed by atoms with E-state index in [1.807, 2.05) is 6.07 Å². The number of allylic oxidation sites excluding steroid dienone is 2. The van der Waals surface area contributed by atoms with E-state index in [1.165, 1.54) is 50.3 Å². The Morgan fingerprint density at radius 2 is 1.85 bits per heavy atom. The molecule has 1 aliphatic heterocycles. The molecule has 27 heavy (non-hydrogen) atoms. The summed E-state index contributed by atoms with van der Waals surface area (Å²) in [5.74, 6) is 1.02. The van der Waals surface area contributed by atoms with Crippen LogP contribution in [-0.2, 0) is 4.74 Å². The summed E-state index contributed by atoms with van der Waals surface area (Å²) in [4.78, 5) is 5.12. The van der Waals surface area contributed by atoms with E-state index in [9.17, 15) is 0 Å². The molecule has 1 unspecified atom stereocenters. The van der Waals surface area contributed by atoms with E-state index in [-0.39, 0.29) is 0 Å². The van der Waals surface area contributed by atoms with E-state index in [1.54, 1.807) is 7.11 Å². The molecule has 0 N–H and O–H groups in total. The molecule has 1 aliphatic carbocycles. The average molecular weight is 371 g/mol. The summed E-state index contributed by atoms with van der Waals surface area (Å²) in [6, 6.07) is 8.25. The molecule has 0 amide bonds. The molecule has 3 rings (SSSR count). The third-order valence-corrected chi connectivity index (χ3v) is 5.45. The summed E-state index contributed by atoms with van der Waals surface area (Å²) in [6.45, 7) is 9.85. The van der Waals surface area contributed by atoms with Gasteiger partial charge in [0.15, 0.2) is 0 Å². The Morgan fingerprint density at radius 3 is 2.59 bits per heavy atom. The Hall–Kier alpha value is -1.62. The average Bonchev–Trinajstić information content (AvgIpc) is 3.46. The Balaban J connectivity index is 1.22. The largest absolute Gasteiger partial charge is 0.493 e. The standard InChI is InChI=1S/C23H34N2O2/c1-20-9-3-4-11-22(20)27-18-8-7-13-25-16-14-24(15-17-25)12-6-5-10-21-19-23(21)26-2/h3-6,9-11,23H,7-8,12-19H2,1-2H3/b6-5-,21-10-. The molecule has 0 spiro atoms. The zero-order valence-electron chi connectivity index (χ0n) is 16.9. The van der Waals surface area contributed by atoms with Crippen molar-refractivity contribution in [3.63, 3.8) is 0 Å². The van der Waals surface area contributed by atoms with Crippen LogP contribution < -0.4 is 4.74 Å². The number of para-hydroxylation sites is 1. The molecule has 4 nitrogen and oxygen atoms in total. The monoisotopic (exact) mass is 370 g/mol. The molecule has 1 aromatic rings. The first-order valence-electron chi connectivity index (χ1n) is 10.3. The molecule has 0 bridgehead atoms. The van der Waals surface area contributed by atoms with Crippen molar-refractivity contribution >= 4 is 0 Å². The summed E-state index contributed by atoms with van der Waals surface area (Å²) in [5, 5.41) is 0. The van der Waals surface area contributed by atoms with Crippen molar-refractivity contribution in [2.24, 2.45) is 0 Å². The van der Waals surface area contributed by atoms with Crippen molar-refractivity contribution in [2.45, 2.75) is 32.3 Å². The van der Waals surface area contributed by atoms with E-state index in [0.717, 1.165) is 31.7 Å². The lowest BCUT2D eigenvalue weighted by Crippen LogP contribution is -2.46. The van der Waals surface area contributed by atoms with Gasteiger partial charge in [0, 0.05) is 46.3 Å². The first-order chi connectivity index (χ1) is 13.3. The SMILES string of the molecule is COC1C/C1=C/C=C\CN1CCN(CCCCOc2ccccc2C)CC1. The van der Waals surface area contributed by atoms with Gasteiger partial charge in [-0.25, -0.2) is 0 Å². The van der Waals surface area contributed by atoms with Gasteiger partial charge in [-0.15, -0.1) is 0 Å². The smallest absolute Gasteiger partial charge is 0.122 e. The molecule has 1 aromatic carbocycles. The minimum absolute atomic E-state index is 0.389. The molecule has 148 valence electrons. The van der Waals surface area contributed by atoms with Crippen molar-refractivity contribution in [2.75, 3.05) is 53.0 Å². The van der Waals surface area contributed by atoms with Crippen LogP contribution in [0.5, 0.6) is 5.75 Å². The molecule has 1 saturated heterocycles. The van der Waals surface area contributed by atoms with Gasteiger partial charge in [0.25, 0.3) is 0 Å². The Kier molecular flexibility index (Phi) is 7.93. The number of piperazine rings is 1. The lowest BCUT2D eigenvalue weighted by Gasteiger charge is -2.34. The van der Waals surface area contributed by atoms with Crippen LogP contribution in [0.25, 0.3) is 0 Å². The highest BCUT2D eigenvalue weighted by Crippen LogP contribution is 2.31. The molecular formula is C23H34N2O2. The molecule has 1 heterocycles. The highest BCUT2D eigenvalue weighted by molar-refractivity contribution is 5.31. The van der Waals surface area contributed by atoms with Gasteiger partial charge in [-0.05, 0) is 43.5 Å². The molecular weight excluding hydrogens is 336 g/mol. The highest BCUT2D eigenvalue weighted by Gasteiger charge is 2.28. The van der Waals surface area contributed by atoms with Crippen LogP contribution in [0, 0.1) is 6.92 Å². The van der Waals surface area contributed by atoms with Crippen LogP contribution in [0.3, 0.4) is 0 Å². The van der Waals surface area contributed by atoms with Crippen LogP contribution in [0.15, 0.2) is 48.1 Å². The summed E-state index contributed by atoms with van der Waals surface area (Å²) in [5.41, 5.74) is 2.64. The van der Waals surface area contributed by atoms with Gasteiger partial charge in [0.05, 0.1) is 12.7 Å². The Labute approximate surface area is 164 Å². The van der Waals surface area contributed by atoms with Gasteiger partial charge in [-0.3, -0.25) is 4.90 Å². The van der Waals surface area contributed by atoms with Gasteiger partial charge in [-0.1, -0.05) is 36.4 Å². The normalized spacial score (nSPS) is 22.6. The number of hydrogen-bond donors (Lipinski definition) is 0. The first kappa shape index (κ1) is 20.1. The van der Waals surface area contributed by atoms with Crippen molar-refractivity contribution in [1.29, 1.82) is 0 Å². The summed E-state index contributed by atoms with van der Waals surface area (Å²) >= 11 is 0. The van der Waals surface area contributed by atoms with E-state index in [4.69, 9.17) is 9.47 Å².